The molecule has 20 heteroatoms. The zero-order chi connectivity index (χ0) is 22.5. The fraction of sp³-hybridized carbons (Fsp3) is 0.600. The Hall–Kier alpha value is -1.03. The molecule has 3 rings (SSSR count). The van der Waals surface area contributed by atoms with Crippen molar-refractivity contribution in [3.63, 3.8) is 0 Å². The molecule has 2 saturated heterocycles. The molecule has 30 heavy (non-hydrogen) atoms. The third-order valence-corrected chi connectivity index (χ3v) is 9.22. The topological polar surface area (TPSA) is 259 Å². The Bertz CT molecular complexity index is 1000. The van der Waals surface area contributed by atoms with Crippen molar-refractivity contribution in [2.45, 2.75) is 31.1 Å². The van der Waals surface area contributed by atoms with Gasteiger partial charge >= 0.3 is 29.2 Å². The molecule has 3 heterocycles. The Labute approximate surface area is 166 Å². The first kappa shape index (κ1) is 23.6. The first-order chi connectivity index (χ1) is 13.8. The Balaban J connectivity index is 1.77. The smallest absolute Gasteiger partial charge is 0.391 e. The number of nitrogen functional groups attached to an aromatic ring is 1. The van der Waals surface area contributed by atoms with E-state index in [-0.39, 0.29) is 11.4 Å². The highest BCUT2D eigenvalue weighted by atomic mass is 31.3. The van der Waals surface area contributed by atoms with Crippen LogP contribution in [0.3, 0.4) is 0 Å². The largest absolute Gasteiger partial charge is 0.492 e. The summed E-state index contributed by atoms with van der Waals surface area (Å²) in [6.07, 6.45) is -5.55. The molecule has 17 nitrogen and oxygen atoms in total. The highest BCUT2D eigenvalue weighted by molar-refractivity contribution is 7.74. The predicted molar refractivity (Wildman–Crippen MR) is 91.2 cm³/mol. The number of nitrogens with zero attached hydrogens (tertiary/aromatic N) is 2. The van der Waals surface area contributed by atoms with E-state index in [1.54, 1.807) is 0 Å². The monoisotopic (exact) mass is 495 g/mol. The van der Waals surface area contributed by atoms with E-state index in [1.807, 2.05) is 0 Å². The molecule has 170 valence electrons. The second kappa shape index (κ2) is 8.15. The van der Waals surface area contributed by atoms with Gasteiger partial charge in [-0.1, -0.05) is 0 Å². The molecule has 0 amide bonds. The fourth-order valence-electron chi connectivity index (χ4n) is 2.56. The maximum Gasteiger partial charge on any atom is 0.492 e. The molecule has 2 fully saturated rings. The summed E-state index contributed by atoms with van der Waals surface area (Å²) in [7, 11) is -15.7. The van der Waals surface area contributed by atoms with Crippen molar-refractivity contribution in [3.05, 3.63) is 22.2 Å². The lowest BCUT2D eigenvalue weighted by Crippen LogP contribution is -2.36. The number of ether oxygens (including phenoxy) is 1. The molecule has 0 radical (unpaired) electrons. The van der Waals surface area contributed by atoms with Crippen LogP contribution in [0.25, 0.3) is 0 Å². The summed E-state index contributed by atoms with van der Waals surface area (Å²) >= 11 is 0. The average molecular weight is 495 g/mol. The number of anilines is 1. The van der Waals surface area contributed by atoms with Crippen LogP contribution in [-0.4, -0.2) is 59.6 Å². The van der Waals surface area contributed by atoms with Gasteiger partial charge in [-0.15, -0.1) is 0 Å². The summed E-state index contributed by atoms with van der Waals surface area (Å²) in [4.78, 5) is 33.8. The number of aliphatic hydroxyl groups excluding tert-OH is 3. The van der Waals surface area contributed by atoms with Gasteiger partial charge in [0, 0.05) is 11.8 Å². The molecule has 0 saturated carbocycles. The minimum atomic E-state index is -5.27. The first-order valence-electron chi connectivity index (χ1n) is 7.80. The molecule has 0 aromatic carbocycles. The van der Waals surface area contributed by atoms with Gasteiger partial charge in [0.05, 0.1) is 13.2 Å². The van der Waals surface area contributed by atoms with Gasteiger partial charge in [0.25, 0.3) is 0 Å². The van der Waals surface area contributed by atoms with Crippen LogP contribution in [0.2, 0.25) is 0 Å². The van der Waals surface area contributed by atoms with Gasteiger partial charge in [0.15, 0.2) is 6.23 Å². The van der Waals surface area contributed by atoms with Crippen molar-refractivity contribution in [2.75, 3.05) is 12.3 Å². The molecular weight excluding hydrogens is 479 g/mol. The van der Waals surface area contributed by atoms with Crippen molar-refractivity contribution in [1.29, 1.82) is 0 Å². The molecule has 6 atom stereocenters. The van der Waals surface area contributed by atoms with E-state index in [1.165, 1.54) is 0 Å². The lowest BCUT2D eigenvalue weighted by Gasteiger charge is -2.27. The first-order valence-corrected chi connectivity index (χ1v) is 12.3. The number of phosphoric acid groups is 3. The van der Waals surface area contributed by atoms with Crippen LogP contribution in [0.1, 0.15) is 11.8 Å². The number of rotatable bonds is 5. The van der Waals surface area contributed by atoms with E-state index in [2.05, 4.69) is 22.4 Å². The standard InChI is InChI=1S/C10H16N3O14P3/c11-8-4(2-14)1-13(10(17)12-8)9-7(16)6(15)5(24-9)3-23-30(22)26-28(18,19)25-29(20,21)27-30/h1,5-7,9,14-16H,2-3H2,(H,18,19)(H,20,21)(H2,11,12,17)/t5-,6+,7?,9-/m1/s1. The van der Waals surface area contributed by atoms with Crippen LogP contribution >= 0.6 is 23.5 Å². The molecule has 0 spiro atoms. The molecule has 0 bridgehead atoms. The molecule has 7 N–H and O–H groups in total. The third-order valence-electron chi connectivity index (χ3n) is 3.85. The van der Waals surface area contributed by atoms with Crippen molar-refractivity contribution in [3.8, 4) is 0 Å². The Morgan fingerprint density at radius 3 is 2.30 bits per heavy atom. The van der Waals surface area contributed by atoms with Crippen LogP contribution in [-0.2, 0) is 42.5 Å². The highest BCUT2D eigenvalue weighted by Crippen LogP contribution is 2.80. The lowest BCUT2D eigenvalue weighted by molar-refractivity contribution is -0.0546. The molecule has 2 aliphatic rings. The Morgan fingerprint density at radius 1 is 1.13 bits per heavy atom. The van der Waals surface area contributed by atoms with Gasteiger partial charge in [-0.2, -0.15) is 17.9 Å². The van der Waals surface area contributed by atoms with Crippen molar-refractivity contribution < 1.29 is 61.0 Å². The van der Waals surface area contributed by atoms with Gasteiger partial charge in [-0.3, -0.25) is 9.09 Å². The van der Waals surface area contributed by atoms with E-state index in [9.17, 15) is 43.6 Å². The zero-order valence-electron chi connectivity index (χ0n) is 14.5. The van der Waals surface area contributed by atoms with E-state index in [0.29, 0.717) is 0 Å². The lowest BCUT2D eigenvalue weighted by atomic mass is 10.1. The molecular formula is C10H16N3O14P3. The number of aliphatic hydroxyl groups is 3. The van der Waals surface area contributed by atoms with Crippen molar-refractivity contribution in [2.24, 2.45) is 0 Å². The van der Waals surface area contributed by atoms with E-state index >= 15 is 0 Å². The maximum absolute atomic E-state index is 12.2. The molecule has 2 aliphatic heterocycles. The number of aromatic nitrogens is 2. The highest BCUT2D eigenvalue weighted by Gasteiger charge is 2.55. The molecule has 0 aliphatic carbocycles. The molecule has 1 aromatic heterocycles. The Kier molecular flexibility index (Phi) is 6.42. The minimum Gasteiger partial charge on any atom is -0.391 e. The van der Waals surface area contributed by atoms with Gasteiger partial charge in [0.2, 0.25) is 0 Å². The predicted octanol–water partition coefficient (Wildman–Crippen LogP) is -1.67. The van der Waals surface area contributed by atoms with E-state index in [4.69, 9.17) is 10.5 Å². The van der Waals surface area contributed by atoms with Gasteiger partial charge < -0.3 is 35.6 Å². The van der Waals surface area contributed by atoms with Crippen molar-refractivity contribution in [1.82, 2.24) is 9.55 Å². The number of hydrogen-bond acceptors (Lipinski definition) is 14. The SMILES string of the molecule is Nc1nc(=O)n([C@@H]2O[C@H](COP3(=O)OP(=O)(O)OP(=O)(O)O3)[C@H](O)C2O)cc1CO. The average Bonchev–Trinajstić information content (AvgIpc) is 2.85. The molecule has 3 unspecified atom stereocenters. The van der Waals surface area contributed by atoms with Crippen LogP contribution in [0.4, 0.5) is 5.82 Å². The van der Waals surface area contributed by atoms with Gasteiger partial charge in [-0.05, 0) is 0 Å². The quantitative estimate of drug-likeness (QED) is 0.249. The van der Waals surface area contributed by atoms with Crippen molar-refractivity contribution >= 4 is 29.3 Å². The number of hydrogen-bond donors (Lipinski definition) is 6. The van der Waals surface area contributed by atoms with E-state index in [0.717, 1.165) is 10.8 Å². The molecule has 1 aromatic rings. The number of nitrogens with two attached hydrogens (primary N) is 1. The second-order valence-electron chi connectivity index (χ2n) is 5.97. The summed E-state index contributed by atoms with van der Waals surface area (Å²) in [6, 6.07) is 0. The van der Waals surface area contributed by atoms with E-state index < -0.39 is 66.9 Å². The summed E-state index contributed by atoms with van der Waals surface area (Å²) in [5.41, 5.74) is 4.49. The third kappa shape index (κ3) is 4.89. The summed E-state index contributed by atoms with van der Waals surface area (Å²) in [6.45, 7) is -1.55. The minimum absolute atomic E-state index is 0.0189. The van der Waals surface area contributed by atoms with Crippen LogP contribution in [0.5, 0.6) is 0 Å². The summed E-state index contributed by atoms with van der Waals surface area (Å²) < 4.78 is 57.5. The van der Waals surface area contributed by atoms with Gasteiger partial charge in [0.1, 0.15) is 24.1 Å². The second-order valence-corrected chi connectivity index (χ2v) is 11.0. The van der Waals surface area contributed by atoms with Gasteiger partial charge in [-0.25, -0.2) is 18.5 Å². The summed E-state index contributed by atoms with van der Waals surface area (Å²) in [5.74, 6) is -0.263. The normalized spacial score (nSPS) is 41.8. The van der Waals surface area contributed by atoms with Crippen LogP contribution < -0.4 is 11.4 Å². The maximum atomic E-state index is 12.2. The zero-order valence-corrected chi connectivity index (χ0v) is 17.2. The fourth-order valence-corrected chi connectivity index (χ4v) is 7.50. The van der Waals surface area contributed by atoms with Crippen LogP contribution in [0, 0.1) is 0 Å². The summed E-state index contributed by atoms with van der Waals surface area (Å²) in [5, 5.41) is 29.5. The Morgan fingerprint density at radius 2 is 1.73 bits per heavy atom. The van der Waals surface area contributed by atoms with Crippen LogP contribution in [0.15, 0.2) is 11.0 Å².